The molecule has 228 valence electrons. The van der Waals surface area contributed by atoms with E-state index in [-0.39, 0.29) is 58.9 Å². The summed E-state index contributed by atoms with van der Waals surface area (Å²) in [5.41, 5.74) is -3.04. The van der Waals surface area contributed by atoms with E-state index in [0.717, 1.165) is 43.0 Å². The maximum absolute atomic E-state index is 14.5. The summed E-state index contributed by atoms with van der Waals surface area (Å²) < 4.78 is 44.3. The van der Waals surface area contributed by atoms with Gasteiger partial charge in [-0.15, -0.1) is 0 Å². The van der Waals surface area contributed by atoms with E-state index in [9.17, 15) is 32.7 Å². The van der Waals surface area contributed by atoms with Crippen molar-refractivity contribution >= 4 is 40.9 Å². The fourth-order valence-electron chi connectivity index (χ4n) is 7.52. The lowest BCUT2D eigenvalue weighted by atomic mass is 9.74. The summed E-state index contributed by atoms with van der Waals surface area (Å²) in [6.07, 6.45) is 0.708. The summed E-state index contributed by atoms with van der Waals surface area (Å²) in [4.78, 5) is 38.8. The summed E-state index contributed by atoms with van der Waals surface area (Å²) in [5.74, 6) is -2.32. The molecular formula is C30H34Cl2F3N3O4. The number of nitrogens with one attached hydrogen (secondary N) is 1. The van der Waals surface area contributed by atoms with E-state index in [1.807, 2.05) is 0 Å². The molecule has 3 fully saturated rings. The summed E-state index contributed by atoms with van der Waals surface area (Å²) in [6.45, 7) is 3.75. The normalized spacial score (nSPS) is 29.8. The van der Waals surface area contributed by atoms with Crippen LogP contribution in [0.15, 0.2) is 24.4 Å². The van der Waals surface area contributed by atoms with Crippen LogP contribution in [0.2, 0.25) is 10.0 Å². The van der Waals surface area contributed by atoms with Crippen LogP contribution in [0, 0.1) is 16.2 Å². The molecule has 1 amide bonds. The van der Waals surface area contributed by atoms with Gasteiger partial charge in [-0.3, -0.25) is 19.1 Å². The van der Waals surface area contributed by atoms with E-state index in [2.05, 4.69) is 17.3 Å². The molecule has 1 unspecified atom stereocenters. The summed E-state index contributed by atoms with van der Waals surface area (Å²) in [6, 6.07) is 3.28. The number of ketones is 1. The lowest BCUT2D eigenvalue weighted by molar-refractivity contribution is -0.152. The number of halogens is 5. The molecule has 3 aliphatic carbocycles. The zero-order chi connectivity index (χ0) is 30.7. The number of Topliss-reactive ketones (excluding diaryl/α,β-unsaturated/α-hetero) is 1. The van der Waals surface area contributed by atoms with Gasteiger partial charge in [-0.05, 0) is 87.7 Å². The first-order valence-corrected chi connectivity index (χ1v) is 15.0. The van der Waals surface area contributed by atoms with Gasteiger partial charge in [0.1, 0.15) is 0 Å². The van der Waals surface area contributed by atoms with Crippen molar-refractivity contribution in [1.29, 1.82) is 0 Å². The number of carbonyl (C=O) groups excluding carboxylic acids is 2. The predicted octanol–water partition coefficient (Wildman–Crippen LogP) is 7.76. The van der Waals surface area contributed by atoms with Crippen molar-refractivity contribution in [2.75, 3.05) is 0 Å². The monoisotopic (exact) mass is 627 g/mol. The Labute approximate surface area is 252 Å². The predicted molar refractivity (Wildman–Crippen MR) is 151 cm³/mol. The first kappa shape index (κ1) is 30.9. The van der Waals surface area contributed by atoms with Crippen LogP contribution in [-0.2, 0) is 11.0 Å². The minimum Gasteiger partial charge on any atom is -0.481 e. The number of amides is 1. The fraction of sp³-hybridized carbons (Fsp3) is 0.600. The number of rotatable bonds is 8. The highest BCUT2D eigenvalue weighted by molar-refractivity contribution is 6.39. The third kappa shape index (κ3) is 5.56. The number of carboxylic acid groups (broad SMARTS) is 1. The van der Waals surface area contributed by atoms with Crippen molar-refractivity contribution in [3.63, 3.8) is 0 Å². The molecule has 7 nitrogen and oxygen atoms in total. The SMILES string of the molecule is CC12CCC(C(CC(=O)c3c(Cl)cccc3Cl)NC(=O)c3cnn(C4CCC(C)(C(=O)O)CC4)c3C(F)(F)F)(CC1)C2. The second-order valence-electron chi connectivity index (χ2n) is 13.0. The molecule has 3 saturated carbocycles. The van der Waals surface area contributed by atoms with Crippen LogP contribution in [0.5, 0.6) is 0 Å². The number of hydrogen-bond acceptors (Lipinski definition) is 4. The van der Waals surface area contributed by atoms with Gasteiger partial charge < -0.3 is 10.4 Å². The van der Waals surface area contributed by atoms with Crippen molar-refractivity contribution in [1.82, 2.24) is 15.1 Å². The van der Waals surface area contributed by atoms with Crippen LogP contribution in [0.25, 0.3) is 0 Å². The Morgan fingerprint density at radius 1 is 1.07 bits per heavy atom. The van der Waals surface area contributed by atoms with Crippen LogP contribution in [0.1, 0.15) is 111 Å². The number of carboxylic acids is 1. The number of fused-ring (bicyclic) bond motifs is 2. The second-order valence-corrected chi connectivity index (χ2v) is 13.9. The molecule has 0 radical (unpaired) electrons. The average molecular weight is 629 g/mol. The smallest absolute Gasteiger partial charge is 0.433 e. The number of nitrogens with zero attached hydrogens (tertiary/aromatic N) is 2. The molecule has 2 N–H and O–H groups in total. The molecule has 0 spiro atoms. The molecule has 3 aliphatic rings. The Kier molecular flexibility index (Phi) is 7.97. The summed E-state index contributed by atoms with van der Waals surface area (Å²) in [7, 11) is 0. The summed E-state index contributed by atoms with van der Waals surface area (Å²) in [5, 5.41) is 16.7. The number of hydrogen-bond donors (Lipinski definition) is 2. The van der Waals surface area contributed by atoms with Crippen molar-refractivity contribution < 1.29 is 32.7 Å². The maximum Gasteiger partial charge on any atom is 0.433 e. The maximum atomic E-state index is 14.5. The quantitative estimate of drug-likeness (QED) is 0.291. The highest BCUT2D eigenvalue weighted by Crippen LogP contribution is 2.63. The number of alkyl halides is 3. The standard InChI is InChI=1S/C30H34Cl2F3N3O4/c1-27-10-12-29(16-27,13-11-27)22(14-21(39)23-19(31)4-3-5-20(23)32)37-25(40)18-15-36-38(24(18)30(33,34)35)17-6-8-28(2,9-7-17)26(41)42/h3-5,15,17,22H,6-14,16H2,1-2H3,(H,37,40)(H,41,42). The van der Waals surface area contributed by atoms with E-state index < -0.39 is 52.2 Å². The lowest BCUT2D eigenvalue weighted by Crippen LogP contribution is -2.47. The molecule has 0 saturated heterocycles. The number of aromatic nitrogens is 2. The first-order valence-electron chi connectivity index (χ1n) is 14.2. The van der Waals surface area contributed by atoms with Crippen LogP contribution in [-0.4, -0.2) is 38.6 Å². The fourth-order valence-corrected chi connectivity index (χ4v) is 8.13. The third-order valence-electron chi connectivity index (χ3n) is 10.1. The van der Waals surface area contributed by atoms with Crippen molar-refractivity contribution in [3.8, 4) is 0 Å². The Morgan fingerprint density at radius 3 is 2.17 bits per heavy atom. The van der Waals surface area contributed by atoms with Gasteiger partial charge in [0.2, 0.25) is 0 Å². The molecule has 0 aliphatic heterocycles. The van der Waals surface area contributed by atoms with Gasteiger partial charge in [0.25, 0.3) is 5.91 Å². The van der Waals surface area contributed by atoms with Gasteiger partial charge >= 0.3 is 12.1 Å². The molecule has 2 aromatic rings. The molecule has 1 aromatic heterocycles. The minimum absolute atomic E-state index is 0.0571. The van der Waals surface area contributed by atoms with E-state index >= 15 is 0 Å². The van der Waals surface area contributed by atoms with Crippen molar-refractivity contribution in [2.24, 2.45) is 16.2 Å². The summed E-state index contributed by atoms with van der Waals surface area (Å²) >= 11 is 12.6. The molecular weight excluding hydrogens is 594 g/mol. The topological polar surface area (TPSA) is 101 Å². The molecule has 5 rings (SSSR count). The molecule has 1 atom stereocenters. The van der Waals surface area contributed by atoms with Gasteiger partial charge in [-0.1, -0.05) is 36.2 Å². The lowest BCUT2D eigenvalue weighted by Gasteiger charge is -2.36. The van der Waals surface area contributed by atoms with Gasteiger partial charge in [-0.25, -0.2) is 0 Å². The Hall–Kier alpha value is -2.59. The first-order chi connectivity index (χ1) is 19.6. The Bertz CT molecular complexity index is 1390. The molecule has 2 bridgehead atoms. The van der Waals surface area contributed by atoms with Crippen LogP contribution >= 0.6 is 23.2 Å². The van der Waals surface area contributed by atoms with Gasteiger partial charge in [-0.2, -0.15) is 18.3 Å². The van der Waals surface area contributed by atoms with Gasteiger partial charge in [0.15, 0.2) is 11.5 Å². The minimum atomic E-state index is -4.88. The zero-order valence-electron chi connectivity index (χ0n) is 23.5. The highest BCUT2D eigenvalue weighted by atomic mass is 35.5. The largest absolute Gasteiger partial charge is 0.481 e. The van der Waals surface area contributed by atoms with Gasteiger partial charge in [0.05, 0.1) is 38.8 Å². The number of aliphatic carboxylic acids is 1. The molecule has 1 aromatic carbocycles. The second kappa shape index (κ2) is 10.8. The van der Waals surface area contributed by atoms with Crippen LogP contribution in [0.3, 0.4) is 0 Å². The zero-order valence-corrected chi connectivity index (χ0v) is 25.0. The van der Waals surface area contributed by atoms with E-state index in [4.69, 9.17) is 23.2 Å². The Morgan fingerprint density at radius 2 is 1.67 bits per heavy atom. The van der Waals surface area contributed by atoms with E-state index in [0.29, 0.717) is 0 Å². The molecule has 42 heavy (non-hydrogen) atoms. The van der Waals surface area contributed by atoms with Crippen molar-refractivity contribution in [3.05, 3.63) is 51.3 Å². The highest BCUT2D eigenvalue weighted by Gasteiger charge is 2.56. The van der Waals surface area contributed by atoms with E-state index in [1.54, 1.807) is 25.1 Å². The molecule has 12 heteroatoms. The van der Waals surface area contributed by atoms with Crippen molar-refractivity contribution in [2.45, 2.75) is 96.3 Å². The van der Waals surface area contributed by atoms with Crippen LogP contribution in [0.4, 0.5) is 13.2 Å². The van der Waals surface area contributed by atoms with Gasteiger partial charge in [0, 0.05) is 12.5 Å². The number of carbonyl (C=O) groups is 3. The Balaban J connectivity index is 1.45. The van der Waals surface area contributed by atoms with Crippen LogP contribution < -0.4 is 5.32 Å². The van der Waals surface area contributed by atoms with E-state index in [1.165, 1.54) is 0 Å². The average Bonchev–Trinajstić information content (AvgIpc) is 3.60. The number of benzene rings is 1. The molecule has 1 heterocycles. The third-order valence-corrected chi connectivity index (χ3v) is 10.8.